The monoisotopic (exact) mass is 289 g/mol. The molecular formula is C15H19N3O3. The molecule has 1 spiro atoms. The average Bonchev–Trinajstić information content (AvgIpc) is 2.78. The van der Waals surface area contributed by atoms with Gasteiger partial charge < -0.3 is 14.9 Å². The first kappa shape index (κ1) is 13.9. The molecule has 0 bridgehead atoms. The Morgan fingerprint density at radius 1 is 1.29 bits per heavy atom. The van der Waals surface area contributed by atoms with Gasteiger partial charge in [-0.1, -0.05) is 0 Å². The zero-order valence-electron chi connectivity index (χ0n) is 11.9. The minimum absolute atomic E-state index is 0.102. The number of piperidine rings is 1. The van der Waals surface area contributed by atoms with E-state index < -0.39 is 11.5 Å². The van der Waals surface area contributed by atoms with Gasteiger partial charge in [0.1, 0.15) is 0 Å². The molecule has 1 unspecified atom stereocenters. The number of carbonyl (C=O) groups excluding carboxylic acids is 1. The van der Waals surface area contributed by atoms with Crippen molar-refractivity contribution in [2.45, 2.75) is 25.8 Å². The van der Waals surface area contributed by atoms with E-state index >= 15 is 0 Å². The van der Waals surface area contributed by atoms with Crippen LogP contribution in [0.3, 0.4) is 0 Å². The van der Waals surface area contributed by atoms with Gasteiger partial charge in [-0.15, -0.1) is 0 Å². The van der Waals surface area contributed by atoms with E-state index in [-0.39, 0.29) is 5.91 Å². The van der Waals surface area contributed by atoms with E-state index in [9.17, 15) is 9.59 Å². The van der Waals surface area contributed by atoms with Crippen LogP contribution in [0.25, 0.3) is 0 Å². The summed E-state index contributed by atoms with van der Waals surface area (Å²) >= 11 is 0. The maximum absolute atomic E-state index is 12.7. The molecule has 0 radical (unpaired) electrons. The lowest BCUT2D eigenvalue weighted by Crippen LogP contribution is -2.49. The zero-order chi connectivity index (χ0) is 14.9. The van der Waals surface area contributed by atoms with Crippen molar-refractivity contribution in [3.63, 3.8) is 0 Å². The molecule has 1 atom stereocenters. The smallest absolute Gasteiger partial charge is 0.407 e. The van der Waals surface area contributed by atoms with Crippen LogP contribution in [0.4, 0.5) is 4.79 Å². The molecule has 6 nitrogen and oxygen atoms in total. The average molecular weight is 289 g/mol. The molecular weight excluding hydrogens is 270 g/mol. The number of aromatic nitrogens is 1. The fraction of sp³-hybridized carbons (Fsp3) is 0.533. The Balaban J connectivity index is 1.72. The van der Waals surface area contributed by atoms with Gasteiger partial charge in [-0.2, -0.15) is 0 Å². The Hall–Kier alpha value is -2.11. The number of amides is 2. The van der Waals surface area contributed by atoms with E-state index in [0.29, 0.717) is 26.2 Å². The number of carboxylic acid groups (broad SMARTS) is 1. The Morgan fingerprint density at radius 2 is 2.05 bits per heavy atom. The van der Waals surface area contributed by atoms with E-state index in [0.717, 1.165) is 24.8 Å². The third-order valence-electron chi connectivity index (χ3n) is 4.57. The van der Waals surface area contributed by atoms with Crippen molar-refractivity contribution in [2.24, 2.45) is 5.41 Å². The normalized spacial score (nSPS) is 25.6. The molecule has 0 saturated carbocycles. The summed E-state index contributed by atoms with van der Waals surface area (Å²) in [5, 5.41) is 9.16. The molecule has 112 valence electrons. The second-order valence-corrected chi connectivity index (χ2v) is 5.92. The minimum atomic E-state index is -0.922. The number of likely N-dealkylation sites (tertiary alicyclic amines) is 2. The zero-order valence-corrected chi connectivity index (χ0v) is 11.9. The number of carbonyl (C=O) groups is 2. The Morgan fingerprint density at radius 3 is 2.76 bits per heavy atom. The second-order valence-electron chi connectivity index (χ2n) is 5.92. The van der Waals surface area contributed by atoms with Crippen LogP contribution in [0.1, 0.15) is 24.8 Å². The highest BCUT2D eigenvalue weighted by atomic mass is 16.4. The summed E-state index contributed by atoms with van der Waals surface area (Å²) in [6.07, 6.45) is 4.83. The Kier molecular flexibility index (Phi) is 3.53. The maximum Gasteiger partial charge on any atom is 0.407 e. The molecule has 1 aromatic heterocycles. The van der Waals surface area contributed by atoms with Crippen LogP contribution in [-0.4, -0.2) is 51.5 Å². The molecule has 1 aromatic rings. The summed E-state index contributed by atoms with van der Waals surface area (Å²) in [6, 6.07) is 3.81. The van der Waals surface area contributed by atoms with Gasteiger partial charge in [-0.25, -0.2) is 4.79 Å². The highest BCUT2D eigenvalue weighted by molar-refractivity contribution is 5.86. The minimum Gasteiger partial charge on any atom is -0.465 e. The van der Waals surface area contributed by atoms with E-state index in [1.165, 1.54) is 4.90 Å². The molecule has 1 N–H and O–H groups in total. The Labute approximate surface area is 123 Å². The fourth-order valence-electron chi connectivity index (χ4n) is 3.43. The molecule has 2 aliphatic heterocycles. The summed E-state index contributed by atoms with van der Waals surface area (Å²) in [7, 11) is 0. The number of rotatable bonds is 2. The van der Waals surface area contributed by atoms with Crippen LogP contribution in [0.5, 0.6) is 0 Å². The van der Waals surface area contributed by atoms with Crippen LogP contribution < -0.4 is 0 Å². The molecule has 3 rings (SSSR count). The van der Waals surface area contributed by atoms with E-state index in [1.54, 1.807) is 12.4 Å². The van der Waals surface area contributed by atoms with Gasteiger partial charge in [-0.3, -0.25) is 9.78 Å². The molecule has 2 aliphatic rings. The number of hydrogen-bond acceptors (Lipinski definition) is 3. The summed E-state index contributed by atoms with van der Waals surface area (Å²) < 4.78 is 0. The predicted octanol–water partition coefficient (Wildman–Crippen LogP) is 1.57. The molecule has 3 heterocycles. The molecule has 0 aromatic carbocycles. The lowest BCUT2D eigenvalue weighted by Gasteiger charge is -2.37. The molecule has 2 fully saturated rings. The van der Waals surface area contributed by atoms with Crippen LogP contribution in [0, 0.1) is 5.41 Å². The lowest BCUT2D eigenvalue weighted by atomic mass is 9.78. The topological polar surface area (TPSA) is 73.7 Å². The highest BCUT2D eigenvalue weighted by Gasteiger charge is 2.49. The van der Waals surface area contributed by atoms with Crippen molar-refractivity contribution in [2.75, 3.05) is 19.6 Å². The Bertz CT molecular complexity index is 548. The van der Waals surface area contributed by atoms with Gasteiger partial charge in [0, 0.05) is 38.6 Å². The number of nitrogens with zero attached hydrogens (tertiary/aromatic N) is 3. The second kappa shape index (κ2) is 5.35. The van der Waals surface area contributed by atoms with Gasteiger partial charge in [0.05, 0.1) is 5.41 Å². The maximum atomic E-state index is 12.7. The number of pyridine rings is 1. The molecule has 6 heteroatoms. The van der Waals surface area contributed by atoms with Gasteiger partial charge in [0.15, 0.2) is 0 Å². The van der Waals surface area contributed by atoms with Crippen LogP contribution in [0.2, 0.25) is 0 Å². The van der Waals surface area contributed by atoms with Gasteiger partial charge in [-0.05, 0) is 37.0 Å². The van der Waals surface area contributed by atoms with Crippen molar-refractivity contribution in [3.05, 3.63) is 30.1 Å². The molecule has 2 amide bonds. The predicted molar refractivity (Wildman–Crippen MR) is 75.5 cm³/mol. The van der Waals surface area contributed by atoms with E-state index in [1.807, 2.05) is 17.0 Å². The summed E-state index contributed by atoms with van der Waals surface area (Å²) in [6.45, 7) is 2.16. The van der Waals surface area contributed by atoms with Crippen molar-refractivity contribution in [1.29, 1.82) is 0 Å². The molecule has 2 saturated heterocycles. The molecule has 21 heavy (non-hydrogen) atoms. The van der Waals surface area contributed by atoms with Crippen molar-refractivity contribution in [1.82, 2.24) is 14.8 Å². The lowest BCUT2D eigenvalue weighted by molar-refractivity contribution is -0.138. The van der Waals surface area contributed by atoms with Gasteiger partial charge >= 0.3 is 6.09 Å². The van der Waals surface area contributed by atoms with E-state index in [4.69, 9.17) is 5.11 Å². The standard InChI is InChI=1S/C15H19N3O3/c19-13-15(4-1-8-18(11-15)14(20)21)5-9-17(13)10-12-2-6-16-7-3-12/h2-3,6-7H,1,4-5,8-11H2,(H,20,21). The van der Waals surface area contributed by atoms with E-state index in [2.05, 4.69) is 4.98 Å². The highest BCUT2D eigenvalue weighted by Crippen LogP contribution is 2.40. The SMILES string of the molecule is O=C(O)N1CCCC2(CCN(Cc3ccncc3)C2=O)C1. The van der Waals surface area contributed by atoms with Crippen LogP contribution in [-0.2, 0) is 11.3 Å². The molecule has 0 aliphatic carbocycles. The fourth-order valence-corrected chi connectivity index (χ4v) is 3.43. The summed E-state index contributed by atoms with van der Waals surface area (Å²) in [5.41, 5.74) is 0.560. The third-order valence-corrected chi connectivity index (χ3v) is 4.57. The quantitative estimate of drug-likeness (QED) is 0.897. The first-order valence-electron chi connectivity index (χ1n) is 7.27. The largest absolute Gasteiger partial charge is 0.465 e. The summed E-state index contributed by atoms with van der Waals surface area (Å²) in [5.74, 6) is 0.102. The van der Waals surface area contributed by atoms with Gasteiger partial charge in [0.25, 0.3) is 0 Å². The third kappa shape index (κ3) is 2.57. The van der Waals surface area contributed by atoms with Crippen molar-refractivity contribution < 1.29 is 14.7 Å². The number of hydrogen-bond donors (Lipinski definition) is 1. The van der Waals surface area contributed by atoms with Gasteiger partial charge in [0.2, 0.25) is 5.91 Å². The van der Waals surface area contributed by atoms with Crippen molar-refractivity contribution in [3.8, 4) is 0 Å². The first-order valence-corrected chi connectivity index (χ1v) is 7.27. The van der Waals surface area contributed by atoms with Crippen LogP contribution in [0.15, 0.2) is 24.5 Å². The van der Waals surface area contributed by atoms with Crippen LogP contribution >= 0.6 is 0 Å². The summed E-state index contributed by atoms with van der Waals surface area (Å²) in [4.78, 5) is 31.1. The first-order chi connectivity index (χ1) is 10.1. The van der Waals surface area contributed by atoms with Crippen molar-refractivity contribution >= 4 is 12.0 Å².